The van der Waals surface area contributed by atoms with E-state index in [0.29, 0.717) is 5.69 Å². The predicted molar refractivity (Wildman–Crippen MR) is 92.0 cm³/mol. The molecule has 0 aliphatic heterocycles. The molecule has 0 spiro atoms. The number of aromatic nitrogens is 4. The molecule has 0 bridgehead atoms. The molecule has 0 saturated carbocycles. The molecule has 0 aliphatic carbocycles. The fourth-order valence-corrected chi connectivity index (χ4v) is 2.75. The number of carbonyl (C=O) groups is 1. The van der Waals surface area contributed by atoms with Crippen LogP contribution in [0.5, 0.6) is 0 Å². The Kier molecular flexibility index (Phi) is 5.55. The number of carbonyl (C=O) groups excluding carboxylic acids is 1. The third-order valence-corrected chi connectivity index (χ3v) is 4.32. The van der Waals surface area contributed by atoms with Gasteiger partial charge in [-0.05, 0) is 32.6 Å². The molecule has 136 valence electrons. The van der Waals surface area contributed by atoms with Gasteiger partial charge >= 0.3 is 5.82 Å². The van der Waals surface area contributed by atoms with E-state index in [1.165, 1.54) is 10.7 Å². The minimum Gasteiger partial charge on any atom is -0.358 e. The number of nitrogens with one attached hydrogen (secondary N) is 1. The Balaban J connectivity index is 2.02. The number of amides is 1. The van der Waals surface area contributed by atoms with Crippen molar-refractivity contribution < 1.29 is 9.72 Å². The van der Waals surface area contributed by atoms with Gasteiger partial charge in [-0.25, -0.2) is 0 Å². The molecule has 0 saturated heterocycles. The standard InChI is InChI=1S/C16H24N6O3/c1-6-20-13(5)14(8-17-20)12(4)18-16(23)10(2)9-21-11(3)7-15(19-21)22(24)25/h7-8,10,12H,6,9H2,1-5H3,(H,18,23). The lowest BCUT2D eigenvalue weighted by atomic mass is 10.1. The summed E-state index contributed by atoms with van der Waals surface area (Å²) in [5.74, 6) is -0.711. The van der Waals surface area contributed by atoms with Crippen molar-refractivity contribution in [1.29, 1.82) is 0 Å². The van der Waals surface area contributed by atoms with Crippen LogP contribution in [-0.4, -0.2) is 30.4 Å². The average molecular weight is 348 g/mol. The Labute approximate surface area is 146 Å². The van der Waals surface area contributed by atoms with Gasteiger partial charge in [-0.3, -0.25) is 9.48 Å². The summed E-state index contributed by atoms with van der Waals surface area (Å²) in [7, 11) is 0. The third kappa shape index (κ3) is 4.04. The average Bonchev–Trinajstić information content (AvgIpc) is 3.10. The minimum atomic E-state index is -0.537. The van der Waals surface area contributed by atoms with E-state index in [-0.39, 0.29) is 30.2 Å². The molecule has 2 unspecified atom stereocenters. The van der Waals surface area contributed by atoms with Gasteiger partial charge in [-0.1, -0.05) is 6.92 Å². The lowest BCUT2D eigenvalue weighted by Gasteiger charge is -2.17. The van der Waals surface area contributed by atoms with Crippen LogP contribution in [0.4, 0.5) is 5.82 Å². The topological polar surface area (TPSA) is 108 Å². The normalized spacial score (nSPS) is 13.5. The van der Waals surface area contributed by atoms with Crippen LogP contribution in [0.15, 0.2) is 12.3 Å². The maximum Gasteiger partial charge on any atom is 0.390 e. The first-order valence-electron chi connectivity index (χ1n) is 8.26. The van der Waals surface area contributed by atoms with Gasteiger partial charge in [0.2, 0.25) is 5.91 Å². The van der Waals surface area contributed by atoms with Gasteiger partial charge in [0.05, 0.1) is 41.6 Å². The van der Waals surface area contributed by atoms with Crippen molar-refractivity contribution in [2.24, 2.45) is 5.92 Å². The number of aryl methyl sites for hydroxylation is 2. The van der Waals surface area contributed by atoms with E-state index in [4.69, 9.17) is 0 Å². The van der Waals surface area contributed by atoms with Gasteiger partial charge in [-0.2, -0.15) is 9.78 Å². The van der Waals surface area contributed by atoms with Crippen molar-refractivity contribution in [3.63, 3.8) is 0 Å². The van der Waals surface area contributed by atoms with E-state index in [9.17, 15) is 14.9 Å². The third-order valence-electron chi connectivity index (χ3n) is 4.32. The van der Waals surface area contributed by atoms with E-state index in [1.54, 1.807) is 20.0 Å². The van der Waals surface area contributed by atoms with Crippen molar-refractivity contribution in [1.82, 2.24) is 24.9 Å². The van der Waals surface area contributed by atoms with Gasteiger partial charge < -0.3 is 15.4 Å². The molecular weight excluding hydrogens is 324 g/mol. The molecule has 9 nitrogen and oxygen atoms in total. The summed E-state index contributed by atoms with van der Waals surface area (Å²) in [4.78, 5) is 22.7. The predicted octanol–water partition coefficient (Wildman–Crippen LogP) is 2.14. The molecular formula is C16H24N6O3. The lowest BCUT2D eigenvalue weighted by Crippen LogP contribution is -2.34. The second-order valence-corrected chi connectivity index (χ2v) is 6.22. The van der Waals surface area contributed by atoms with Crippen LogP contribution >= 0.6 is 0 Å². The second kappa shape index (κ2) is 7.45. The highest BCUT2D eigenvalue weighted by molar-refractivity contribution is 5.78. The maximum absolute atomic E-state index is 12.5. The fourth-order valence-electron chi connectivity index (χ4n) is 2.75. The van der Waals surface area contributed by atoms with Crippen molar-refractivity contribution in [2.75, 3.05) is 0 Å². The quantitative estimate of drug-likeness (QED) is 0.609. The van der Waals surface area contributed by atoms with Crippen LogP contribution in [0, 0.1) is 29.9 Å². The molecule has 2 atom stereocenters. The Morgan fingerprint density at radius 3 is 2.56 bits per heavy atom. The van der Waals surface area contributed by atoms with E-state index in [1.807, 2.05) is 25.5 Å². The van der Waals surface area contributed by atoms with E-state index < -0.39 is 4.92 Å². The van der Waals surface area contributed by atoms with Crippen LogP contribution < -0.4 is 5.32 Å². The zero-order valence-electron chi connectivity index (χ0n) is 15.2. The molecule has 0 aliphatic rings. The van der Waals surface area contributed by atoms with Gasteiger partial charge in [0.15, 0.2) is 0 Å². The van der Waals surface area contributed by atoms with Crippen LogP contribution in [0.2, 0.25) is 0 Å². The fraction of sp³-hybridized carbons (Fsp3) is 0.562. The Bertz CT molecular complexity index is 779. The molecule has 9 heteroatoms. The smallest absolute Gasteiger partial charge is 0.358 e. The summed E-state index contributed by atoms with van der Waals surface area (Å²) in [6.45, 7) is 10.5. The number of nitrogens with zero attached hydrogens (tertiary/aromatic N) is 5. The largest absolute Gasteiger partial charge is 0.390 e. The first kappa shape index (κ1) is 18.6. The number of hydrogen-bond donors (Lipinski definition) is 1. The van der Waals surface area contributed by atoms with Crippen LogP contribution in [-0.2, 0) is 17.9 Å². The molecule has 2 heterocycles. The monoisotopic (exact) mass is 348 g/mol. The van der Waals surface area contributed by atoms with E-state index in [0.717, 1.165) is 17.8 Å². The molecule has 1 N–H and O–H groups in total. The summed E-state index contributed by atoms with van der Waals surface area (Å²) in [5.41, 5.74) is 2.66. The lowest BCUT2D eigenvalue weighted by molar-refractivity contribution is -0.389. The first-order valence-corrected chi connectivity index (χ1v) is 8.26. The van der Waals surface area contributed by atoms with Gasteiger partial charge in [-0.15, -0.1) is 0 Å². The van der Waals surface area contributed by atoms with E-state index in [2.05, 4.69) is 15.5 Å². The van der Waals surface area contributed by atoms with Crippen LogP contribution in [0.1, 0.15) is 43.8 Å². The zero-order chi connectivity index (χ0) is 18.7. The van der Waals surface area contributed by atoms with Crippen LogP contribution in [0.3, 0.4) is 0 Å². The molecule has 2 rings (SSSR count). The number of rotatable bonds is 7. The molecule has 0 aromatic carbocycles. The number of hydrogen-bond acceptors (Lipinski definition) is 5. The van der Waals surface area contributed by atoms with Gasteiger partial charge in [0.25, 0.3) is 0 Å². The summed E-state index contributed by atoms with van der Waals surface area (Å²) >= 11 is 0. The van der Waals surface area contributed by atoms with Crippen molar-refractivity contribution >= 4 is 11.7 Å². The van der Waals surface area contributed by atoms with Crippen LogP contribution in [0.25, 0.3) is 0 Å². The summed E-state index contributed by atoms with van der Waals surface area (Å²) in [6, 6.07) is 1.23. The molecule has 25 heavy (non-hydrogen) atoms. The summed E-state index contributed by atoms with van der Waals surface area (Å²) < 4.78 is 3.38. The first-order chi connectivity index (χ1) is 11.7. The molecule has 0 fully saturated rings. The molecule has 2 aromatic heterocycles. The highest BCUT2D eigenvalue weighted by Crippen LogP contribution is 2.18. The van der Waals surface area contributed by atoms with Gasteiger partial charge in [0, 0.05) is 17.8 Å². The van der Waals surface area contributed by atoms with E-state index >= 15 is 0 Å². The maximum atomic E-state index is 12.5. The van der Waals surface area contributed by atoms with Crippen molar-refractivity contribution in [3.05, 3.63) is 39.3 Å². The van der Waals surface area contributed by atoms with Gasteiger partial charge in [0.1, 0.15) is 0 Å². The minimum absolute atomic E-state index is 0.131. The zero-order valence-corrected chi connectivity index (χ0v) is 15.2. The molecule has 2 aromatic rings. The Morgan fingerprint density at radius 1 is 1.36 bits per heavy atom. The SMILES string of the molecule is CCn1ncc(C(C)NC(=O)C(C)Cn2nc([N+](=O)[O-])cc2C)c1C. The summed E-state index contributed by atoms with van der Waals surface area (Å²) in [6.07, 6.45) is 1.77. The number of nitro groups is 1. The van der Waals surface area contributed by atoms with Crippen molar-refractivity contribution in [2.45, 2.75) is 53.8 Å². The van der Waals surface area contributed by atoms with Crippen molar-refractivity contribution in [3.8, 4) is 0 Å². The molecule has 0 radical (unpaired) electrons. The Hall–Kier alpha value is -2.71. The summed E-state index contributed by atoms with van der Waals surface area (Å²) in [5, 5.41) is 22.0. The molecule has 1 amide bonds. The Morgan fingerprint density at radius 2 is 2.04 bits per heavy atom. The highest BCUT2D eigenvalue weighted by atomic mass is 16.6. The highest BCUT2D eigenvalue weighted by Gasteiger charge is 2.23. The second-order valence-electron chi connectivity index (χ2n) is 6.22.